The molecule has 0 saturated heterocycles. The number of carbonyl (C=O) groups excluding carboxylic acids is 1. The van der Waals surface area contributed by atoms with Gasteiger partial charge >= 0.3 is 0 Å². The van der Waals surface area contributed by atoms with E-state index in [9.17, 15) is 9.18 Å². The van der Waals surface area contributed by atoms with Crippen LogP contribution in [0.5, 0.6) is 11.5 Å². The molecule has 0 aromatic heterocycles. The highest BCUT2D eigenvalue weighted by Gasteiger charge is 2.11. The Hall–Kier alpha value is -2.20. The van der Waals surface area contributed by atoms with Crippen LogP contribution in [-0.4, -0.2) is 18.0 Å². The summed E-state index contributed by atoms with van der Waals surface area (Å²) in [5.74, 6) is 0.0535. The standard InChI is InChI=1S/C15H13FO3/c16-13-5-3-7-15(12(13)10-18)19-14-6-2-1-4-11(14)8-9-17/h1-7,10,17H,8-9H2. The van der Waals surface area contributed by atoms with E-state index in [1.165, 1.54) is 18.2 Å². The molecule has 0 heterocycles. The lowest BCUT2D eigenvalue weighted by atomic mass is 10.1. The molecule has 2 rings (SSSR count). The van der Waals surface area contributed by atoms with Gasteiger partial charge in [0, 0.05) is 6.61 Å². The number of hydrogen-bond donors (Lipinski definition) is 1. The summed E-state index contributed by atoms with van der Waals surface area (Å²) in [6, 6.07) is 11.3. The van der Waals surface area contributed by atoms with Gasteiger partial charge in [0.25, 0.3) is 0 Å². The van der Waals surface area contributed by atoms with Crippen molar-refractivity contribution in [3.05, 3.63) is 59.4 Å². The molecule has 0 aliphatic heterocycles. The third kappa shape index (κ3) is 2.98. The van der Waals surface area contributed by atoms with Crippen LogP contribution in [0.15, 0.2) is 42.5 Å². The molecule has 0 unspecified atom stereocenters. The van der Waals surface area contributed by atoms with Crippen LogP contribution >= 0.6 is 0 Å². The van der Waals surface area contributed by atoms with Gasteiger partial charge in [0.1, 0.15) is 17.3 Å². The van der Waals surface area contributed by atoms with Crippen LogP contribution in [0.2, 0.25) is 0 Å². The molecular formula is C15H13FO3. The fourth-order valence-corrected chi connectivity index (χ4v) is 1.77. The van der Waals surface area contributed by atoms with Gasteiger partial charge < -0.3 is 9.84 Å². The Morgan fingerprint density at radius 2 is 1.84 bits per heavy atom. The number of para-hydroxylation sites is 1. The lowest BCUT2D eigenvalue weighted by Crippen LogP contribution is -1.98. The van der Waals surface area contributed by atoms with E-state index in [0.717, 1.165) is 5.56 Å². The molecule has 0 radical (unpaired) electrons. The molecule has 0 aliphatic rings. The molecule has 1 N–H and O–H groups in total. The lowest BCUT2D eigenvalue weighted by Gasteiger charge is -2.12. The first kappa shape index (κ1) is 13.2. The van der Waals surface area contributed by atoms with E-state index < -0.39 is 5.82 Å². The van der Waals surface area contributed by atoms with Crippen molar-refractivity contribution in [3.8, 4) is 11.5 Å². The Morgan fingerprint density at radius 3 is 2.58 bits per heavy atom. The quantitative estimate of drug-likeness (QED) is 0.841. The van der Waals surface area contributed by atoms with Gasteiger partial charge in [-0.15, -0.1) is 0 Å². The summed E-state index contributed by atoms with van der Waals surface area (Å²) in [4.78, 5) is 10.9. The van der Waals surface area contributed by atoms with Gasteiger partial charge in [-0.2, -0.15) is 0 Å². The predicted octanol–water partition coefficient (Wildman–Crippen LogP) is 2.97. The molecule has 0 saturated carbocycles. The minimum Gasteiger partial charge on any atom is -0.456 e. The van der Waals surface area contributed by atoms with Crippen molar-refractivity contribution >= 4 is 6.29 Å². The molecule has 0 amide bonds. The number of aliphatic hydroxyl groups excluding tert-OH is 1. The van der Waals surface area contributed by atoms with Crippen LogP contribution in [0, 0.1) is 5.82 Å². The van der Waals surface area contributed by atoms with E-state index in [4.69, 9.17) is 9.84 Å². The van der Waals surface area contributed by atoms with E-state index >= 15 is 0 Å². The summed E-state index contributed by atoms with van der Waals surface area (Å²) in [7, 11) is 0. The zero-order valence-electron chi connectivity index (χ0n) is 10.2. The number of rotatable bonds is 5. The maximum Gasteiger partial charge on any atom is 0.156 e. The highest BCUT2D eigenvalue weighted by Crippen LogP contribution is 2.28. The largest absolute Gasteiger partial charge is 0.456 e. The van der Waals surface area contributed by atoms with Gasteiger partial charge in [0.15, 0.2) is 6.29 Å². The normalized spacial score (nSPS) is 10.2. The van der Waals surface area contributed by atoms with Gasteiger partial charge in [-0.1, -0.05) is 24.3 Å². The van der Waals surface area contributed by atoms with E-state index in [1.807, 2.05) is 12.1 Å². The van der Waals surface area contributed by atoms with Crippen molar-refractivity contribution in [1.29, 1.82) is 0 Å². The second kappa shape index (κ2) is 6.11. The number of benzene rings is 2. The zero-order chi connectivity index (χ0) is 13.7. The highest BCUT2D eigenvalue weighted by atomic mass is 19.1. The number of hydrogen-bond acceptors (Lipinski definition) is 3. The van der Waals surface area contributed by atoms with Crippen molar-refractivity contribution in [3.63, 3.8) is 0 Å². The number of halogens is 1. The Balaban J connectivity index is 2.36. The van der Waals surface area contributed by atoms with Gasteiger partial charge in [0.2, 0.25) is 0 Å². The van der Waals surface area contributed by atoms with Crippen LogP contribution in [0.1, 0.15) is 15.9 Å². The molecule has 3 nitrogen and oxygen atoms in total. The minimum atomic E-state index is -0.618. The first-order valence-electron chi connectivity index (χ1n) is 5.86. The molecule has 0 bridgehead atoms. The summed E-state index contributed by atoms with van der Waals surface area (Å²) < 4.78 is 19.0. The maximum atomic E-state index is 13.5. The first-order chi connectivity index (χ1) is 9.26. The topological polar surface area (TPSA) is 46.5 Å². The van der Waals surface area contributed by atoms with Gasteiger partial charge in [-0.25, -0.2) is 4.39 Å². The first-order valence-corrected chi connectivity index (χ1v) is 5.86. The Labute approximate surface area is 110 Å². The summed E-state index contributed by atoms with van der Waals surface area (Å²) in [5.41, 5.74) is 0.687. The van der Waals surface area contributed by atoms with Crippen LogP contribution < -0.4 is 4.74 Å². The van der Waals surface area contributed by atoms with Gasteiger partial charge in [-0.3, -0.25) is 4.79 Å². The van der Waals surface area contributed by atoms with E-state index in [2.05, 4.69) is 0 Å². The summed E-state index contributed by atoms with van der Waals surface area (Å²) in [6.07, 6.45) is 0.862. The fourth-order valence-electron chi connectivity index (χ4n) is 1.77. The van der Waals surface area contributed by atoms with Crippen LogP contribution in [-0.2, 0) is 6.42 Å². The van der Waals surface area contributed by atoms with Crippen LogP contribution in [0.3, 0.4) is 0 Å². The fraction of sp³-hybridized carbons (Fsp3) is 0.133. The second-order valence-electron chi connectivity index (χ2n) is 3.95. The number of ether oxygens (including phenoxy) is 1. The Kier molecular flexibility index (Phi) is 4.26. The SMILES string of the molecule is O=Cc1c(F)cccc1Oc1ccccc1CCO. The average Bonchev–Trinajstić information content (AvgIpc) is 2.41. The molecule has 0 fully saturated rings. The van der Waals surface area contributed by atoms with Crippen molar-refractivity contribution in [1.82, 2.24) is 0 Å². The molecule has 0 aliphatic carbocycles. The minimum absolute atomic E-state index is 0.00986. The van der Waals surface area contributed by atoms with Crippen LogP contribution in [0.25, 0.3) is 0 Å². The second-order valence-corrected chi connectivity index (χ2v) is 3.95. The highest BCUT2D eigenvalue weighted by molar-refractivity contribution is 5.79. The number of carbonyl (C=O) groups is 1. The van der Waals surface area contributed by atoms with E-state index in [-0.39, 0.29) is 17.9 Å². The smallest absolute Gasteiger partial charge is 0.156 e. The van der Waals surface area contributed by atoms with Crippen molar-refractivity contribution in [2.75, 3.05) is 6.61 Å². The van der Waals surface area contributed by atoms with Gasteiger partial charge in [0.05, 0.1) is 5.56 Å². The van der Waals surface area contributed by atoms with Crippen molar-refractivity contribution in [2.45, 2.75) is 6.42 Å². The van der Waals surface area contributed by atoms with Crippen LogP contribution in [0.4, 0.5) is 4.39 Å². The molecular weight excluding hydrogens is 247 g/mol. The molecule has 19 heavy (non-hydrogen) atoms. The monoisotopic (exact) mass is 260 g/mol. The average molecular weight is 260 g/mol. The van der Waals surface area contributed by atoms with Gasteiger partial charge in [-0.05, 0) is 30.2 Å². The predicted molar refractivity (Wildman–Crippen MR) is 69.1 cm³/mol. The number of aliphatic hydroxyl groups is 1. The third-order valence-electron chi connectivity index (χ3n) is 2.70. The zero-order valence-corrected chi connectivity index (χ0v) is 10.2. The molecule has 4 heteroatoms. The van der Waals surface area contributed by atoms with Crippen molar-refractivity contribution < 1.29 is 19.0 Å². The molecule has 0 atom stereocenters. The Bertz CT molecular complexity index is 581. The molecule has 98 valence electrons. The molecule has 2 aromatic rings. The van der Waals surface area contributed by atoms with Crippen molar-refractivity contribution in [2.24, 2.45) is 0 Å². The maximum absolute atomic E-state index is 13.5. The number of aldehydes is 1. The lowest BCUT2D eigenvalue weighted by molar-refractivity contribution is 0.111. The summed E-state index contributed by atoms with van der Waals surface area (Å²) in [5, 5.41) is 8.98. The van der Waals surface area contributed by atoms with E-state index in [0.29, 0.717) is 18.5 Å². The summed E-state index contributed by atoms with van der Waals surface area (Å²) in [6.45, 7) is -0.00986. The summed E-state index contributed by atoms with van der Waals surface area (Å²) >= 11 is 0. The molecule has 2 aromatic carbocycles. The Morgan fingerprint density at radius 1 is 1.11 bits per heavy atom. The third-order valence-corrected chi connectivity index (χ3v) is 2.70. The molecule has 0 spiro atoms. The van der Waals surface area contributed by atoms with E-state index in [1.54, 1.807) is 12.1 Å².